The van der Waals surface area contributed by atoms with Crippen LogP contribution in [0, 0.1) is 5.82 Å². The fraction of sp³-hybridized carbons (Fsp3) is 0.321. The van der Waals surface area contributed by atoms with Gasteiger partial charge in [-0.1, -0.05) is 18.2 Å². The second-order valence-electron chi connectivity index (χ2n) is 9.12. The van der Waals surface area contributed by atoms with Gasteiger partial charge >= 0.3 is 0 Å². The van der Waals surface area contributed by atoms with E-state index in [-0.39, 0.29) is 5.82 Å². The van der Waals surface area contributed by atoms with Crippen molar-refractivity contribution in [3.05, 3.63) is 95.2 Å². The summed E-state index contributed by atoms with van der Waals surface area (Å²) in [4.78, 5) is 7.32. The molecule has 2 aromatic heterocycles. The Labute approximate surface area is 194 Å². The highest BCUT2D eigenvalue weighted by atomic mass is 19.1. The molecule has 5 rings (SSSR count). The molecule has 0 radical (unpaired) electrons. The molecular formula is C28H30FN3O. The molecule has 0 aliphatic carbocycles. The molecule has 1 aliphatic heterocycles. The third kappa shape index (κ3) is 4.79. The predicted molar refractivity (Wildman–Crippen MR) is 130 cm³/mol. The third-order valence-corrected chi connectivity index (χ3v) is 6.74. The standard InChI is InChI=1S/C28H30FN3O/c1-31-17-23(26-15-24(29)9-11-28(26)31)19-32-12-4-6-22(18-32)27-10-8-21(16-30-27)13-20-5-3-7-25(14-20)33-2/h3,5,7-11,14-17,22H,4,6,12-13,18-19H2,1-2H3. The summed E-state index contributed by atoms with van der Waals surface area (Å²) in [5, 5.41) is 1.01. The van der Waals surface area contributed by atoms with Gasteiger partial charge in [0, 0.05) is 55.0 Å². The number of halogens is 1. The summed E-state index contributed by atoms with van der Waals surface area (Å²) in [5.74, 6) is 1.13. The van der Waals surface area contributed by atoms with Gasteiger partial charge in [-0.25, -0.2) is 4.39 Å². The van der Waals surface area contributed by atoms with Crippen molar-refractivity contribution in [3.8, 4) is 5.75 Å². The summed E-state index contributed by atoms with van der Waals surface area (Å²) < 4.78 is 21.3. The Morgan fingerprint density at radius 2 is 2.00 bits per heavy atom. The predicted octanol–water partition coefficient (Wildman–Crippen LogP) is 5.69. The van der Waals surface area contributed by atoms with E-state index in [1.807, 2.05) is 31.4 Å². The Balaban J connectivity index is 1.27. The highest BCUT2D eigenvalue weighted by Gasteiger charge is 2.23. The van der Waals surface area contributed by atoms with E-state index in [9.17, 15) is 4.39 Å². The van der Waals surface area contributed by atoms with Gasteiger partial charge in [-0.05, 0) is 78.9 Å². The minimum atomic E-state index is -0.176. The average Bonchev–Trinajstić information content (AvgIpc) is 3.14. The van der Waals surface area contributed by atoms with Crippen molar-refractivity contribution in [1.29, 1.82) is 0 Å². The van der Waals surface area contributed by atoms with Crippen LogP contribution in [0.3, 0.4) is 0 Å². The van der Waals surface area contributed by atoms with Crippen LogP contribution < -0.4 is 4.74 Å². The van der Waals surface area contributed by atoms with Gasteiger partial charge in [0.1, 0.15) is 11.6 Å². The first kappa shape index (κ1) is 21.7. The number of benzene rings is 2. The van der Waals surface area contributed by atoms with Gasteiger partial charge < -0.3 is 9.30 Å². The summed E-state index contributed by atoms with van der Waals surface area (Å²) in [6, 6.07) is 17.6. The number of ether oxygens (including phenoxy) is 1. The molecule has 0 saturated carbocycles. The van der Waals surface area contributed by atoms with Gasteiger partial charge in [0.05, 0.1) is 7.11 Å². The molecule has 4 nitrogen and oxygen atoms in total. The molecule has 4 aromatic rings. The Hall–Kier alpha value is -3.18. The number of methoxy groups -OCH3 is 1. The van der Waals surface area contributed by atoms with Crippen molar-refractivity contribution in [2.75, 3.05) is 20.2 Å². The first-order chi connectivity index (χ1) is 16.1. The molecular weight excluding hydrogens is 413 g/mol. The summed E-state index contributed by atoms with van der Waals surface area (Å²) >= 11 is 0. The molecule has 1 unspecified atom stereocenters. The van der Waals surface area contributed by atoms with Crippen LogP contribution in [0.2, 0.25) is 0 Å². The molecule has 0 spiro atoms. The molecule has 1 saturated heterocycles. The number of piperidine rings is 1. The molecule has 170 valence electrons. The number of aromatic nitrogens is 2. The maximum Gasteiger partial charge on any atom is 0.123 e. The van der Waals surface area contributed by atoms with Crippen molar-refractivity contribution in [3.63, 3.8) is 0 Å². The largest absolute Gasteiger partial charge is 0.497 e. The lowest BCUT2D eigenvalue weighted by molar-refractivity contribution is 0.199. The van der Waals surface area contributed by atoms with E-state index in [0.717, 1.165) is 61.2 Å². The Morgan fingerprint density at radius 3 is 2.82 bits per heavy atom. The van der Waals surface area contributed by atoms with Gasteiger partial charge in [-0.2, -0.15) is 0 Å². The van der Waals surface area contributed by atoms with E-state index < -0.39 is 0 Å². The number of pyridine rings is 1. The van der Waals surface area contributed by atoms with Crippen LogP contribution in [-0.4, -0.2) is 34.7 Å². The van der Waals surface area contributed by atoms with Crippen LogP contribution in [0.25, 0.3) is 10.9 Å². The number of hydrogen-bond acceptors (Lipinski definition) is 3. The number of aryl methyl sites for hydroxylation is 1. The van der Waals surface area contributed by atoms with Crippen molar-refractivity contribution < 1.29 is 9.13 Å². The van der Waals surface area contributed by atoms with Gasteiger partial charge in [0.2, 0.25) is 0 Å². The highest BCUT2D eigenvalue weighted by molar-refractivity contribution is 5.84. The quantitative estimate of drug-likeness (QED) is 0.383. The number of nitrogens with zero attached hydrogens (tertiary/aromatic N) is 3. The smallest absolute Gasteiger partial charge is 0.123 e. The molecule has 2 aromatic carbocycles. The molecule has 0 N–H and O–H groups in total. The molecule has 5 heteroatoms. The number of likely N-dealkylation sites (tertiary alicyclic amines) is 1. The lowest BCUT2D eigenvalue weighted by Crippen LogP contribution is -2.34. The van der Waals surface area contributed by atoms with Gasteiger partial charge in [-0.3, -0.25) is 9.88 Å². The summed E-state index contributed by atoms with van der Waals surface area (Å²) in [6.45, 7) is 2.88. The summed E-state index contributed by atoms with van der Waals surface area (Å²) in [6.07, 6.45) is 7.30. The average molecular weight is 444 g/mol. The van der Waals surface area contributed by atoms with E-state index in [2.05, 4.69) is 39.9 Å². The molecule has 33 heavy (non-hydrogen) atoms. The Bertz CT molecular complexity index is 1250. The second-order valence-corrected chi connectivity index (χ2v) is 9.12. The zero-order valence-corrected chi connectivity index (χ0v) is 19.3. The highest BCUT2D eigenvalue weighted by Crippen LogP contribution is 2.29. The second kappa shape index (κ2) is 9.36. The molecule has 0 amide bonds. The first-order valence-electron chi connectivity index (χ1n) is 11.6. The van der Waals surface area contributed by atoms with Crippen LogP contribution in [0.15, 0.2) is 67.0 Å². The summed E-state index contributed by atoms with van der Waals surface area (Å²) in [5.41, 5.74) is 5.86. The lowest BCUT2D eigenvalue weighted by atomic mass is 9.93. The maximum atomic E-state index is 13.9. The van der Waals surface area contributed by atoms with E-state index in [1.165, 1.54) is 22.8 Å². The van der Waals surface area contributed by atoms with Crippen LogP contribution in [0.5, 0.6) is 5.75 Å². The molecule has 1 atom stereocenters. The number of rotatable bonds is 6. The SMILES string of the molecule is COc1cccc(Cc2ccc(C3CCCN(Cc4cn(C)c5ccc(F)cc45)C3)nc2)c1. The van der Waals surface area contributed by atoms with E-state index >= 15 is 0 Å². The minimum Gasteiger partial charge on any atom is -0.497 e. The Kier molecular flexibility index (Phi) is 6.14. The van der Waals surface area contributed by atoms with Crippen molar-refractivity contribution >= 4 is 10.9 Å². The fourth-order valence-corrected chi connectivity index (χ4v) is 5.05. The summed E-state index contributed by atoms with van der Waals surface area (Å²) in [7, 11) is 3.72. The van der Waals surface area contributed by atoms with Crippen LogP contribution in [0.4, 0.5) is 4.39 Å². The van der Waals surface area contributed by atoms with Crippen molar-refractivity contribution in [1.82, 2.24) is 14.5 Å². The van der Waals surface area contributed by atoms with Crippen molar-refractivity contribution in [2.45, 2.75) is 31.7 Å². The zero-order valence-electron chi connectivity index (χ0n) is 19.3. The van der Waals surface area contributed by atoms with Crippen molar-refractivity contribution in [2.24, 2.45) is 7.05 Å². The number of hydrogen-bond donors (Lipinski definition) is 0. The van der Waals surface area contributed by atoms with Crippen LogP contribution in [-0.2, 0) is 20.0 Å². The normalized spacial score (nSPS) is 16.9. The lowest BCUT2D eigenvalue weighted by Gasteiger charge is -2.32. The van der Waals surface area contributed by atoms with Crippen LogP contribution >= 0.6 is 0 Å². The van der Waals surface area contributed by atoms with Gasteiger partial charge in [0.25, 0.3) is 0 Å². The third-order valence-electron chi connectivity index (χ3n) is 6.74. The van der Waals surface area contributed by atoms with Crippen LogP contribution in [0.1, 0.15) is 41.1 Å². The van der Waals surface area contributed by atoms with E-state index in [4.69, 9.17) is 9.72 Å². The van der Waals surface area contributed by atoms with E-state index in [0.29, 0.717) is 5.92 Å². The minimum absolute atomic E-state index is 0.176. The van der Waals surface area contributed by atoms with E-state index in [1.54, 1.807) is 13.2 Å². The molecule has 1 fully saturated rings. The topological polar surface area (TPSA) is 30.3 Å². The Morgan fingerprint density at radius 1 is 1.09 bits per heavy atom. The maximum absolute atomic E-state index is 13.9. The first-order valence-corrected chi connectivity index (χ1v) is 11.6. The fourth-order valence-electron chi connectivity index (χ4n) is 5.05. The zero-order chi connectivity index (χ0) is 22.8. The molecule has 0 bridgehead atoms. The monoisotopic (exact) mass is 443 g/mol. The number of fused-ring (bicyclic) bond motifs is 1. The molecule has 3 heterocycles. The van der Waals surface area contributed by atoms with Gasteiger partial charge in [-0.15, -0.1) is 0 Å². The van der Waals surface area contributed by atoms with Gasteiger partial charge in [0.15, 0.2) is 0 Å². The molecule has 1 aliphatic rings.